The summed E-state index contributed by atoms with van der Waals surface area (Å²) < 4.78 is 1.27. The standard InChI is InChI=1S/C13H21BrN2S/c1-3-13(4-2)10-15-6-7-16(13)9-12-11(14)5-8-17-12/h5,8,15H,3-4,6-7,9-10H2,1-2H3. The van der Waals surface area contributed by atoms with Gasteiger partial charge in [0.05, 0.1) is 0 Å². The fourth-order valence-corrected chi connectivity index (χ4v) is 4.18. The summed E-state index contributed by atoms with van der Waals surface area (Å²) in [6.07, 6.45) is 2.44. The van der Waals surface area contributed by atoms with E-state index >= 15 is 0 Å². The average molecular weight is 317 g/mol. The van der Waals surface area contributed by atoms with Crippen molar-refractivity contribution in [2.45, 2.75) is 38.8 Å². The maximum absolute atomic E-state index is 3.64. The first-order chi connectivity index (χ1) is 8.22. The van der Waals surface area contributed by atoms with Crippen LogP contribution in [-0.2, 0) is 6.54 Å². The summed E-state index contributed by atoms with van der Waals surface area (Å²) in [5, 5.41) is 5.72. The highest BCUT2D eigenvalue weighted by molar-refractivity contribution is 9.10. The van der Waals surface area contributed by atoms with Crippen molar-refractivity contribution in [2.75, 3.05) is 19.6 Å². The topological polar surface area (TPSA) is 15.3 Å². The Morgan fingerprint density at radius 2 is 2.24 bits per heavy atom. The lowest BCUT2D eigenvalue weighted by molar-refractivity contribution is 0.0455. The Kier molecular flexibility index (Phi) is 4.64. The number of halogens is 1. The number of nitrogens with one attached hydrogen (secondary N) is 1. The van der Waals surface area contributed by atoms with Crippen LogP contribution >= 0.6 is 27.3 Å². The summed E-state index contributed by atoms with van der Waals surface area (Å²) in [4.78, 5) is 4.12. The van der Waals surface area contributed by atoms with Crippen LogP contribution in [0.15, 0.2) is 15.9 Å². The van der Waals surface area contributed by atoms with Gasteiger partial charge < -0.3 is 5.32 Å². The molecular formula is C13H21BrN2S. The fraction of sp³-hybridized carbons (Fsp3) is 0.692. The van der Waals surface area contributed by atoms with Gasteiger partial charge in [-0.2, -0.15) is 0 Å². The van der Waals surface area contributed by atoms with Crippen molar-refractivity contribution in [3.8, 4) is 0 Å². The van der Waals surface area contributed by atoms with Gasteiger partial charge in [-0.15, -0.1) is 11.3 Å². The van der Waals surface area contributed by atoms with E-state index in [1.165, 1.54) is 22.2 Å². The number of hydrogen-bond donors (Lipinski definition) is 1. The molecule has 0 unspecified atom stereocenters. The zero-order chi connectivity index (χ0) is 12.3. The Hall–Kier alpha value is 0.100. The molecule has 4 heteroatoms. The molecule has 2 rings (SSSR count). The van der Waals surface area contributed by atoms with Gasteiger partial charge in [-0.1, -0.05) is 13.8 Å². The number of hydrogen-bond acceptors (Lipinski definition) is 3. The molecule has 1 aromatic heterocycles. The highest BCUT2D eigenvalue weighted by Crippen LogP contribution is 2.31. The third-order valence-corrected chi connectivity index (χ3v) is 5.94. The predicted octanol–water partition coefficient (Wildman–Crippen LogP) is 3.47. The molecule has 0 spiro atoms. The first-order valence-electron chi connectivity index (χ1n) is 6.39. The molecule has 0 bridgehead atoms. The second-order valence-electron chi connectivity index (χ2n) is 4.72. The molecule has 2 nitrogen and oxygen atoms in total. The minimum atomic E-state index is 0.349. The van der Waals surface area contributed by atoms with Crippen LogP contribution in [0.5, 0.6) is 0 Å². The molecule has 0 atom stereocenters. The molecule has 0 aliphatic carbocycles. The van der Waals surface area contributed by atoms with Gasteiger partial charge in [0.25, 0.3) is 0 Å². The molecule has 1 saturated heterocycles. The largest absolute Gasteiger partial charge is 0.314 e. The van der Waals surface area contributed by atoms with Gasteiger partial charge in [0, 0.05) is 41.1 Å². The molecule has 1 aliphatic rings. The van der Waals surface area contributed by atoms with Crippen LogP contribution in [0.2, 0.25) is 0 Å². The van der Waals surface area contributed by atoms with Gasteiger partial charge >= 0.3 is 0 Å². The number of nitrogens with zero attached hydrogens (tertiary/aromatic N) is 1. The first kappa shape index (κ1) is 13.5. The second kappa shape index (κ2) is 5.83. The summed E-state index contributed by atoms with van der Waals surface area (Å²) >= 11 is 5.50. The zero-order valence-electron chi connectivity index (χ0n) is 10.6. The first-order valence-corrected chi connectivity index (χ1v) is 8.07. The summed E-state index contributed by atoms with van der Waals surface area (Å²) in [7, 11) is 0. The van der Waals surface area contributed by atoms with Crippen LogP contribution in [0.1, 0.15) is 31.6 Å². The van der Waals surface area contributed by atoms with Crippen LogP contribution < -0.4 is 5.32 Å². The van der Waals surface area contributed by atoms with Crippen LogP contribution in [0.25, 0.3) is 0 Å². The van der Waals surface area contributed by atoms with E-state index in [4.69, 9.17) is 0 Å². The minimum absolute atomic E-state index is 0.349. The quantitative estimate of drug-likeness (QED) is 0.915. The molecule has 96 valence electrons. The smallest absolute Gasteiger partial charge is 0.0345 e. The molecule has 1 fully saturated rings. The van der Waals surface area contributed by atoms with Gasteiger partial charge in [-0.05, 0) is 40.2 Å². The molecule has 1 aliphatic heterocycles. The van der Waals surface area contributed by atoms with E-state index in [0.717, 1.165) is 26.2 Å². The van der Waals surface area contributed by atoms with E-state index in [1.54, 1.807) is 0 Å². The van der Waals surface area contributed by atoms with E-state index in [-0.39, 0.29) is 0 Å². The molecule has 0 radical (unpaired) electrons. The highest BCUT2D eigenvalue weighted by Gasteiger charge is 2.35. The molecule has 0 saturated carbocycles. The van der Waals surface area contributed by atoms with Crippen LogP contribution in [0, 0.1) is 0 Å². The van der Waals surface area contributed by atoms with E-state index < -0.39 is 0 Å². The van der Waals surface area contributed by atoms with Crippen molar-refractivity contribution in [2.24, 2.45) is 0 Å². The third-order valence-electron chi connectivity index (χ3n) is 4.03. The molecule has 2 heterocycles. The zero-order valence-corrected chi connectivity index (χ0v) is 13.0. The highest BCUT2D eigenvalue weighted by atomic mass is 79.9. The second-order valence-corrected chi connectivity index (χ2v) is 6.58. The van der Waals surface area contributed by atoms with Crippen molar-refractivity contribution in [3.63, 3.8) is 0 Å². The van der Waals surface area contributed by atoms with Crippen LogP contribution in [-0.4, -0.2) is 30.1 Å². The number of thiophene rings is 1. The van der Waals surface area contributed by atoms with Gasteiger partial charge in [0.1, 0.15) is 0 Å². The maximum atomic E-state index is 3.64. The van der Waals surface area contributed by atoms with Gasteiger partial charge in [-0.25, -0.2) is 0 Å². The third kappa shape index (κ3) is 2.75. The lowest BCUT2D eigenvalue weighted by Crippen LogP contribution is -2.60. The molecular weight excluding hydrogens is 296 g/mol. The molecule has 17 heavy (non-hydrogen) atoms. The number of piperazine rings is 1. The Bertz CT molecular complexity index is 360. The normalized spacial score (nSPS) is 20.6. The fourth-order valence-electron chi connectivity index (χ4n) is 2.69. The summed E-state index contributed by atoms with van der Waals surface area (Å²) in [6.45, 7) is 9.11. The van der Waals surface area contributed by atoms with Crippen molar-refractivity contribution < 1.29 is 0 Å². The molecule has 1 aromatic rings. The van der Waals surface area contributed by atoms with Crippen molar-refractivity contribution in [3.05, 3.63) is 20.8 Å². The van der Waals surface area contributed by atoms with Gasteiger partial charge in [0.2, 0.25) is 0 Å². The molecule has 0 aromatic carbocycles. The van der Waals surface area contributed by atoms with Crippen molar-refractivity contribution in [1.29, 1.82) is 0 Å². The average Bonchev–Trinajstić information content (AvgIpc) is 2.76. The maximum Gasteiger partial charge on any atom is 0.0345 e. The lowest BCUT2D eigenvalue weighted by Gasteiger charge is -2.47. The Labute approximate surface area is 117 Å². The Morgan fingerprint density at radius 3 is 2.82 bits per heavy atom. The lowest BCUT2D eigenvalue weighted by atomic mass is 9.88. The van der Waals surface area contributed by atoms with E-state index in [1.807, 2.05) is 11.3 Å². The van der Waals surface area contributed by atoms with Crippen LogP contribution in [0.3, 0.4) is 0 Å². The summed E-state index contributed by atoms with van der Waals surface area (Å²) in [6, 6.07) is 2.15. The number of rotatable bonds is 4. The van der Waals surface area contributed by atoms with E-state index in [9.17, 15) is 0 Å². The van der Waals surface area contributed by atoms with E-state index in [2.05, 4.69) is 51.4 Å². The van der Waals surface area contributed by atoms with Gasteiger partial charge in [0.15, 0.2) is 0 Å². The minimum Gasteiger partial charge on any atom is -0.314 e. The molecule has 1 N–H and O–H groups in total. The molecule has 0 amide bonds. The summed E-state index contributed by atoms with van der Waals surface area (Å²) in [5.41, 5.74) is 0.349. The monoisotopic (exact) mass is 316 g/mol. The van der Waals surface area contributed by atoms with Crippen molar-refractivity contribution in [1.82, 2.24) is 10.2 Å². The Morgan fingerprint density at radius 1 is 1.47 bits per heavy atom. The van der Waals surface area contributed by atoms with Crippen LogP contribution in [0.4, 0.5) is 0 Å². The Balaban J connectivity index is 2.14. The van der Waals surface area contributed by atoms with Crippen molar-refractivity contribution >= 4 is 27.3 Å². The van der Waals surface area contributed by atoms with E-state index in [0.29, 0.717) is 5.54 Å². The predicted molar refractivity (Wildman–Crippen MR) is 78.6 cm³/mol. The summed E-state index contributed by atoms with van der Waals surface area (Å²) in [5.74, 6) is 0. The SMILES string of the molecule is CCC1(CC)CNCCN1Cc1sccc1Br. The van der Waals surface area contributed by atoms with Gasteiger partial charge in [-0.3, -0.25) is 4.90 Å².